The molecule has 0 amide bonds. The molecule has 0 aliphatic carbocycles. The van der Waals surface area contributed by atoms with E-state index in [0.29, 0.717) is 0 Å². The van der Waals surface area contributed by atoms with Gasteiger partial charge in [0.15, 0.2) is 0 Å². The second-order valence-electron chi connectivity index (χ2n) is 11.8. The highest BCUT2D eigenvalue weighted by Gasteiger charge is 2.20. The minimum atomic E-state index is -0.0461. The molecule has 0 saturated heterocycles. The smallest absolute Gasteiger partial charge is 0.124 e. The molecule has 0 aliphatic rings. The van der Waals surface area contributed by atoms with E-state index in [1.54, 1.807) is 11.3 Å². The van der Waals surface area contributed by atoms with E-state index in [9.17, 15) is 0 Å². The summed E-state index contributed by atoms with van der Waals surface area (Å²) in [5, 5.41) is 7.38. The largest absolute Gasteiger partial charge is 0.296 e. The van der Waals surface area contributed by atoms with Crippen LogP contribution in [0.4, 0.5) is 0 Å². The number of thiazole rings is 1. The standard InChI is InChI=1S/C43H36N2S/c1-4-39(44-41(32-17-10-6-11-18-32)30(3)29(2)31-15-8-5-9-16-31)37-22-14-21-34(28-37)35-23-25-38-36(27-35)24-26-40-42(38)45-43(46-40)33-19-12-7-13-20-33/h4-28,39,41,44H,1H2,2-3H3/b30-29+. The number of fused-ring (bicyclic) bond motifs is 3. The third kappa shape index (κ3) is 5.95. The predicted molar refractivity (Wildman–Crippen MR) is 198 cm³/mol. The van der Waals surface area contributed by atoms with Crippen molar-refractivity contribution in [2.24, 2.45) is 0 Å². The molecule has 0 saturated carbocycles. The van der Waals surface area contributed by atoms with E-state index in [4.69, 9.17) is 4.98 Å². The molecule has 0 aliphatic heterocycles. The van der Waals surface area contributed by atoms with E-state index in [2.05, 4.69) is 165 Å². The van der Waals surface area contributed by atoms with Crippen LogP contribution in [0.2, 0.25) is 0 Å². The molecule has 0 radical (unpaired) electrons. The maximum absolute atomic E-state index is 5.06. The molecule has 1 N–H and O–H groups in total. The molecule has 0 fully saturated rings. The molecule has 2 atom stereocenters. The van der Waals surface area contributed by atoms with Crippen molar-refractivity contribution in [1.29, 1.82) is 0 Å². The third-order valence-corrected chi connectivity index (χ3v) is 9.99. The van der Waals surface area contributed by atoms with Crippen molar-refractivity contribution in [3.8, 4) is 21.7 Å². The van der Waals surface area contributed by atoms with E-state index in [-0.39, 0.29) is 12.1 Å². The van der Waals surface area contributed by atoms with Gasteiger partial charge >= 0.3 is 0 Å². The van der Waals surface area contributed by atoms with Gasteiger partial charge in [-0.15, -0.1) is 17.9 Å². The summed E-state index contributed by atoms with van der Waals surface area (Å²) in [7, 11) is 0. The average molecular weight is 613 g/mol. The number of benzene rings is 6. The van der Waals surface area contributed by atoms with Gasteiger partial charge in [0, 0.05) is 10.9 Å². The average Bonchev–Trinajstić information content (AvgIpc) is 3.58. The summed E-state index contributed by atoms with van der Waals surface area (Å²) in [5.41, 5.74) is 10.8. The van der Waals surface area contributed by atoms with Crippen LogP contribution < -0.4 is 5.32 Å². The number of hydrogen-bond acceptors (Lipinski definition) is 3. The molecule has 1 aromatic heterocycles. The fraction of sp³-hybridized carbons (Fsp3) is 0.0930. The van der Waals surface area contributed by atoms with E-state index in [1.807, 2.05) is 12.1 Å². The molecule has 224 valence electrons. The van der Waals surface area contributed by atoms with Gasteiger partial charge in [0.1, 0.15) is 5.01 Å². The van der Waals surface area contributed by atoms with Gasteiger partial charge < -0.3 is 0 Å². The molecular formula is C43H36N2S. The Morgan fingerprint density at radius 2 is 1.33 bits per heavy atom. The lowest BCUT2D eigenvalue weighted by atomic mass is 9.91. The third-order valence-electron chi connectivity index (χ3n) is 8.92. The van der Waals surface area contributed by atoms with Crippen LogP contribution in [0.15, 0.2) is 164 Å². The minimum Gasteiger partial charge on any atom is -0.296 e. The molecule has 7 rings (SSSR count). The van der Waals surface area contributed by atoms with E-state index >= 15 is 0 Å². The first-order chi connectivity index (χ1) is 22.6. The van der Waals surface area contributed by atoms with Crippen LogP contribution in [-0.4, -0.2) is 4.98 Å². The lowest BCUT2D eigenvalue weighted by Gasteiger charge is -2.27. The normalized spacial score (nSPS) is 13.3. The molecule has 2 unspecified atom stereocenters. The van der Waals surface area contributed by atoms with Crippen LogP contribution in [0.25, 0.3) is 48.3 Å². The van der Waals surface area contributed by atoms with Gasteiger partial charge in [-0.05, 0) is 76.4 Å². The topological polar surface area (TPSA) is 24.9 Å². The Morgan fingerprint density at radius 3 is 2.07 bits per heavy atom. The SMILES string of the molecule is C=CC(NC(/C(C)=C(\C)c1ccccc1)c1ccccc1)c1cccc(-c2ccc3c(ccc4sc(-c5ccccc5)nc43)c2)c1. The summed E-state index contributed by atoms with van der Waals surface area (Å²) < 4.78 is 1.21. The first-order valence-electron chi connectivity index (χ1n) is 15.7. The molecule has 0 spiro atoms. The number of nitrogens with zero attached hydrogens (tertiary/aromatic N) is 1. The quantitative estimate of drug-likeness (QED) is 0.164. The maximum Gasteiger partial charge on any atom is 0.124 e. The van der Waals surface area contributed by atoms with Crippen molar-refractivity contribution in [3.63, 3.8) is 0 Å². The molecule has 46 heavy (non-hydrogen) atoms. The number of allylic oxidation sites excluding steroid dienone is 1. The zero-order chi connectivity index (χ0) is 31.5. The second-order valence-corrected chi connectivity index (χ2v) is 12.8. The van der Waals surface area contributed by atoms with Crippen molar-refractivity contribution < 1.29 is 0 Å². The molecule has 3 heteroatoms. The lowest BCUT2D eigenvalue weighted by Crippen LogP contribution is -2.26. The first kappa shape index (κ1) is 29.6. The Bertz CT molecular complexity index is 2160. The molecular weight excluding hydrogens is 577 g/mol. The van der Waals surface area contributed by atoms with Gasteiger partial charge in [0.25, 0.3) is 0 Å². The Labute approximate surface area is 275 Å². The second kappa shape index (κ2) is 13.1. The number of rotatable bonds is 9. The summed E-state index contributed by atoms with van der Waals surface area (Å²) >= 11 is 1.75. The van der Waals surface area contributed by atoms with Crippen LogP contribution in [0.3, 0.4) is 0 Å². The summed E-state index contributed by atoms with van der Waals surface area (Å²) in [6.07, 6.45) is 2.02. The molecule has 6 aromatic carbocycles. The fourth-order valence-electron chi connectivity index (χ4n) is 6.24. The molecule has 0 bridgehead atoms. The summed E-state index contributed by atoms with van der Waals surface area (Å²) in [6, 6.07) is 51.7. The van der Waals surface area contributed by atoms with E-state index in [1.165, 1.54) is 54.4 Å². The molecule has 7 aromatic rings. The zero-order valence-electron chi connectivity index (χ0n) is 26.2. The summed E-state index contributed by atoms with van der Waals surface area (Å²) in [5.74, 6) is 0. The minimum absolute atomic E-state index is 0.0232. The number of aromatic nitrogens is 1. The van der Waals surface area contributed by atoms with Gasteiger partial charge in [-0.1, -0.05) is 133 Å². The van der Waals surface area contributed by atoms with Crippen LogP contribution in [-0.2, 0) is 0 Å². The molecule has 2 nitrogen and oxygen atoms in total. The highest BCUT2D eigenvalue weighted by molar-refractivity contribution is 7.21. The van der Waals surface area contributed by atoms with Crippen LogP contribution in [0.1, 0.15) is 42.6 Å². The number of nitrogens with one attached hydrogen (secondary N) is 1. The fourth-order valence-corrected chi connectivity index (χ4v) is 7.23. The summed E-state index contributed by atoms with van der Waals surface area (Å²) in [4.78, 5) is 5.06. The number of hydrogen-bond donors (Lipinski definition) is 1. The van der Waals surface area contributed by atoms with Gasteiger partial charge in [-0.3, -0.25) is 5.32 Å². The van der Waals surface area contributed by atoms with Gasteiger partial charge in [-0.25, -0.2) is 4.98 Å². The van der Waals surface area contributed by atoms with Crippen molar-refractivity contribution in [1.82, 2.24) is 10.3 Å². The van der Waals surface area contributed by atoms with Crippen molar-refractivity contribution >= 4 is 37.9 Å². The predicted octanol–water partition coefficient (Wildman–Crippen LogP) is 11.8. The van der Waals surface area contributed by atoms with E-state index < -0.39 is 0 Å². The highest BCUT2D eigenvalue weighted by atomic mass is 32.1. The first-order valence-corrected chi connectivity index (χ1v) is 16.6. The Balaban J connectivity index is 1.21. The summed E-state index contributed by atoms with van der Waals surface area (Å²) in [6.45, 7) is 8.71. The van der Waals surface area contributed by atoms with Crippen LogP contribution in [0.5, 0.6) is 0 Å². The van der Waals surface area contributed by atoms with E-state index in [0.717, 1.165) is 16.1 Å². The monoisotopic (exact) mass is 612 g/mol. The van der Waals surface area contributed by atoms with Crippen molar-refractivity contribution in [2.45, 2.75) is 25.9 Å². The highest BCUT2D eigenvalue weighted by Crippen LogP contribution is 2.37. The molecule has 1 heterocycles. The Kier molecular flexibility index (Phi) is 8.43. The Hall–Kier alpha value is -5.09. The van der Waals surface area contributed by atoms with Gasteiger partial charge in [-0.2, -0.15) is 0 Å². The zero-order valence-corrected chi connectivity index (χ0v) is 27.0. The van der Waals surface area contributed by atoms with Crippen LogP contribution in [0, 0.1) is 0 Å². The van der Waals surface area contributed by atoms with Crippen molar-refractivity contribution in [2.75, 3.05) is 0 Å². The van der Waals surface area contributed by atoms with Crippen LogP contribution >= 0.6 is 11.3 Å². The lowest BCUT2D eigenvalue weighted by molar-refractivity contribution is 0.546. The maximum atomic E-state index is 5.06. The van der Waals surface area contributed by atoms with Crippen molar-refractivity contribution in [3.05, 3.63) is 181 Å². The van der Waals surface area contributed by atoms with Gasteiger partial charge in [0.2, 0.25) is 0 Å². The Morgan fingerprint density at radius 1 is 0.674 bits per heavy atom. The van der Waals surface area contributed by atoms with Gasteiger partial charge in [0.05, 0.1) is 22.3 Å².